The van der Waals surface area contributed by atoms with Crippen LogP contribution in [0.25, 0.3) is 0 Å². The highest BCUT2D eigenvalue weighted by Crippen LogP contribution is 2.67. The van der Waals surface area contributed by atoms with Crippen molar-refractivity contribution in [2.75, 3.05) is 13.2 Å². The zero-order chi connectivity index (χ0) is 20.1. The molecule has 4 aliphatic carbocycles. The summed E-state index contributed by atoms with van der Waals surface area (Å²) in [4.78, 5) is 0. The molecule has 0 aliphatic heterocycles. The molecule has 0 amide bonds. The molecule has 0 heterocycles. The van der Waals surface area contributed by atoms with Crippen LogP contribution in [0.5, 0.6) is 0 Å². The maximum absolute atomic E-state index is 10.2. The second-order valence-corrected chi connectivity index (χ2v) is 11.8. The van der Waals surface area contributed by atoms with E-state index in [0.29, 0.717) is 22.7 Å². The predicted octanol–water partition coefficient (Wildman–Crippen LogP) is 6.24. The van der Waals surface area contributed by atoms with Crippen molar-refractivity contribution in [3.8, 4) is 0 Å². The number of allylic oxidation sites excluding steroid dienone is 1. The standard InChI is InChI=1S/C26H44O2/c1-17(2)15-28-16-18(3)22-8-9-23-21-7-6-19-14-20(27)10-12-25(19,4)24(21)11-13-26(22,23)5/h6,17-18,20-24,27H,7-16H2,1-5H3/t18-,20+,21+,22-,23+,24+,25+,26-/m1/s1. The Labute approximate surface area is 173 Å². The highest BCUT2D eigenvalue weighted by molar-refractivity contribution is 5.25. The van der Waals surface area contributed by atoms with E-state index >= 15 is 0 Å². The third kappa shape index (κ3) is 3.41. The summed E-state index contributed by atoms with van der Waals surface area (Å²) in [5.74, 6) is 4.76. The first-order valence-electron chi connectivity index (χ1n) is 12.2. The van der Waals surface area contributed by atoms with Gasteiger partial charge in [0.1, 0.15) is 0 Å². The fraction of sp³-hybridized carbons (Fsp3) is 0.923. The molecule has 0 aromatic rings. The monoisotopic (exact) mass is 388 g/mol. The second kappa shape index (κ2) is 7.73. The minimum Gasteiger partial charge on any atom is -0.393 e. The van der Waals surface area contributed by atoms with Gasteiger partial charge >= 0.3 is 0 Å². The maximum Gasteiger partial charge on any atom is 0.0577 e. The molecule has 0 aromatic heterocycles. The van der Waals surface area contributed by atoms with Gasteiger partial charge in [-0.2, -0.15) is 0 Å². The summed E-state index contributed by atoms with van der Waals surface area (Å²) in [7, 11) is 0. The molecule has 2 nitrogen and oxygen atoms in total. The topological polar surface area (TPSA) is 29.5 Å². The number of aliphatic hydroxyl groups excluding tert-OH is 1. The summed E-state index contributed by atoms with van der Waals surface area (Å²) < 4.78 is 6.06. The first kappa shape index (κ1) is 20.9. The van der Waals surface area contributed by atoms with Gasteiger partial charge in [-0.05, 0) is 97.7 Å². The lowest BCUT2D eigenvalue weighted by Crippen LogP contribution is -2.51. The Kier molecular flexibility index (Phi) is 5.77. The second-order valence-electron chi connectivity index (χ2n) is 11.8. The number of aliphatic hydroxyl groups is 1. The van der Waals surface area contributed by atoms with Crippen molar-refractivity contribution < 1.29 is 9.84 Å². The molecule has 28 heavy (non-hydrogen) atoms. The van der Waals surface area contributed by atoms with E-state index in [-0.39, 0.29) is 6.10 Å². The lowest BCUT2D eigenvalue weighted by molar-refractivity contribution is -0.0635. The van der Waals surface area contributed by atoms with Crippen LogP contribution in [0.2, 0.25) is 0 Å². The van der Waals surface area contributed by atoms with E-state index in [1.54, 1.807) is 5.57 Å². The van der Waals surface area contributed by atoms with Crippen LogP contribution in [-0.2, 0) is 4.74 Å². The average Bonchev–Trinajstić information content (AvgIpc) is 2.99. The molecule has 0 unspecified atom stereocenters. The average molecular weight is 389 g/mol. The molecular weight excluding hydrogens is 344 g/mol. The first-order valence-corrected chi connectivity index (χ1v) is 12.2. The minimum absolute atomic E-state index is 0.0905. The van der Waals surface area contributed by atoms with Gasteiger partial charge in [-0.15, -0.1) is 0 Å². The number of hydrogen-bond donors (Lipinski definition) is 1. The third-order valence-electron chi connectivity index (χ3n) is 9.67. The summed E-state index contributed by atoms with van der Waals surface area (Å²) in [6, 6.07) is 0. The molecule has 0 spiro atoms. The number of rotatable bonds is 5. The van der Waals surface area contributed by atoms with Gasteiger partial charge in [0.2, 0.25) is 0 Å². The summed E-state index contributed by atoms with van der Waals surface area (Å²) in [6.07, 6.45) is 12.5. The van der Waals surface area contributed by atoms with Gasteiger partial charge in [0, 0.05) is 13.2 Å². The molecule has 4 rings (SSSR count). The van der Waals surface area contributed by atoms with E-state index in [2.05, 4.69) is 40.7 Å². The number of hydrogen-bond acceptors (Lipinski definition) is 2. The third-order valence-corrected chi connectivity index (χ3v) is 9.67. The molecule has 0 radical (unpaired) electrons. The quantitative estimate of drug-likeness (QED) is 0.565. The number of fused-ring (bicyclic) bond motifs is 5. The van der Waals surface area contributed by atoms with Gasteiger partial charge < -0.3 is 9.84 Å². The van der Waals surface area contributed by atoms with Crippen LogP contribution in [0.4, 0.5) is 0 Å². The fourth-order valence-corrected chi connectivity index (χ4v) is 8.22. The number of ether oxygens (including phenoxy) is 1. The molecular formula is C26H44O2. The highest BCUT2D eigenvalue weighted by Gasteiger charge is 2.59. The van der Waals surface area contributed by atoms with E-state index < -0.39 is 0 Å². The highest BCUT2D eigenvalue weighted by atomic mass is 16.5. The van der Waals surface area contributed by atoms with E-state index in [1.807, 2.05) is 0 Å². The van der Waals surface area contributed by atoms with Crippen molar-refractivity contribution >= 4 is 0 Å². The van der Waals surface area contributed by atoms with Gasteiger partial charge in [0.15, 0.2) is 0 Å². The Morgan fingerprint density at radius 2 is 1.82 bits per heavy atom. The van der Waals surface area contributed by atoms with Crippen LogP contribution in [-0.4, -0.2) is 24.4 Å². The molecule has 1 N–H and O–H groups in total. The van der Waals surface area contributed by atoms with E-state index in [9.17, 15) is 5.11 Å². The predicted molar refractivity (Wildman–Crippen MR) is 116 cm³/mol. The van der Waals surface area contributed by atoms with Crippen LogP contribution in [0, 0.1) is 46.3 Å². The van der Waals surface area contributed by atoms with Crippen LogP contribution < -0.4 is 0 Å². The summed E-state index contributed by atoms with van der Waals surface area (Å²) in [6.45, 7) is 14.0. The van der Waals surface area contributed by atoms with Crippen molar-refractivity contribution in [1.29, 1.82) is 0 Å². The summed E-state index contributed by atoms with van der Waals surface area (Å²) >= 11 is 0. The lowest BCUT2D eigenvalue weighted by Gasteiger charge is -2.58. The van der Waals surface area contributed by atoms with Crippen LogP contribution in [0.1, 0.15) is 86.0 Å². The van der Waals surface area contributed by atoms with Gasteiger partial charge in [-0.1, -0.05) is 46.3 Å². The van der Waals surface area contributed by atoms with Gasteiger partial charge in [0.05, 0.1) is 6.10 Å². The van der Waals surface area contributed by atoms with Crippen molar-refractivity contribution in [1.82, 2.24) is 0 Å². The Morgan fingerprint density at radius 1 is 1.04 bits per heavy atom. The van der Waals surface area contributed by atoms with Crippen LogP contribution in [0.15, 0.2) is 11.6 Å². The molecule has 8 atom stereocenters. The van der Waals surface area contributed by atoms with E-state index in [1.165, 1.54) is 38.5 Å². The molecule has 0 aromatic carbocycles. The fourth-order valence-electron chi connectivity index (χ4n) is 8.22. The molecule has 0 saturated heterocycles. The van der Waals surface area contributed by atoms with Crippen molar-refractivity contribution in [2.24, 2.45) is 46.3 Å². The minimum atomic E-state index is -0.0905. The zero-order valence-corrected chi connectivity index (χ0v) is 19.0. The Hall–Kier alpha value is -0.340. The smallest absolute Gasteiger partial charge is 0.0577 e. The zero-order valence-electron chi connectivity index (χ0n) is 19.0. The Bertz CT molecular complexity index is 595. The van der Waals surface area contributed by atoms with Crippen LogP contribution >= 0.6 is 0 Å². The largest absolute Gasteiger partial charge is 0.393 e. The summed E-state index contributed by atoms with van der Waals surface area (Å²) in [5, 5.41) is 10.2. The lowest BCUT2D eigenvalue weighted by atomic mass is 9.47. The van der Waals surface area contributed by atoms with E-state index in [4.69, 9.17) is 4.74 Å². The van der Waals surface area contributed by atoms with Crippen molar-refractivity contribution in [3.63, 3.8) is 0 Å². The first-order chi connectivity index (χ1) is 13.3. The molecule has 3 fully saturated rings. The van der Waals surface area contributed by atoms with Crippen molar-refractivity contribution in [2.45, 2.75) is 92.1 Å². The normalized spacial score (nSPS) is 46.5. The van der Waals surface area contributed by atoms with Gasteiger partial charge in [-0.25, -0.2) is 0 Å². The van der Waals surface area contributed by atoms with Gasteiger partial charge in [-0.3, -0.25) is 0 Å². The Morgan fingerprint density at radius 3 is 2.57 bits per heavy atom. The Balaban J connectivity index is 1.49. The van der Waals surface area contributed by atoms with Crippen molar-refractivity contribution in [3.05, 3.63) is 11.6 Å². The summed E-state index contributed by atoms with van der Waals surface area (Å²) in [5.41, 5.74) is 2.48. The molecule has 3 saturated carbocycles. The van der Waals surface area contributed by atoms with E-state index in [0.717, 1.165) is 49.7 Å². The molecule has 2 heteroatoms. The molecule has 0 bridgehead atoms. The molecule has 4 aliphatic rings. The van der Waals surface area contributed by atoms with Gasteiger partial charge in [0.25, 0.3) is 0 Å². The van der Waals surface area contributed by atoms with Crippen LogP contribution in [0.3, 0.4) is 0 Å². The molecule has 160 valence electrons. The SMILES string of the molecule is CC(C)COC[C@@H](C)[C@H]1CC[C@H]2[C@@H]3CC=C4C[C@@H](O)CC[C@]4(C)[C@H]3CC[C@]12C. The maximum atomic E-state index is 10.2.